The number of rotatable bonds is 8. The van der Waals surface area contributed by atoms with Crippen molar-refractivity contribution < 1.29 is 19.1 Å². The van der Waals surface area contributed by atoms with Crippen molar-refractivity contribution in [3.8, 4) is 5.75 Å². The van der Waals surface area contributed by atoms with Gasteiger partial charge in [0, 0.05) is 0 Å². The molecule has 3 aromatic rings. The largest absolute Gasteiger partial charge is 0.493 e. The summed E-state index contributed by atoms with van der Waals surface area (Å²) in [5.41, 5.74) is 0.927. The van der Waals surface area contributed by atoms with E-state index in [2.05, 4.69) is 20.8 Å². The molecule has 148 valence electrons. The number of carbonyl (C=O) groups excluding carboxylic acids is 2. The first-order valence-electron chi connectivity index (χ1n) is 8.91. The van der Waals surface area contributed by atoms with Crippen molar-refractivity contribution in [2.75, 3.05) is 24.4 Å². The number of para-hydroxylation sites is 2. The molecule has 8 nitrogen and oxygen atoms in total. The molecule has 8 heteroatoms. The molecule has 0 aliphatic heterocycles. The first-order chi connectivity index (χ1) is 14.2. The van der Waals surface area contributed by atoms with E-state index in [4.69, 9.17) is 9.47 Å². The van der Waals surface area contributed by atoms with Crippen LogP contribution in [-0.4, -0.2) is 35.8 Å². The van der Waals surface area contributed by atoms with Gasteiger partial charge in [-0.3, -0.25) is 4.79 Å². The number of amides is 1. The van der Waals surface area contributed by atoms with Gasteiger partial charge in [0.15, 0.2) is 11.6 Å². The Kier molecular flexibility index (Phi) is 6.72. The van der Waals surface area contributed by atoms with Crippen LogP contribution < -0.4 is 15.4 Å². The van der Waals surface area contributed by atoms with Crippen LogP contribution in [0.25, 0.3) is 0 Å². The van der Waals surface area contributed by atoms with Crippen LogP contribution in [0.1, 0.15) is 16.8 Å². The molecule has 0 atom stereocenters. The maximum atomic E-state index is 12.0. The smallest absolute Gasteiger partial charge is 0.339 e. The fourth-order valence-corrected chi connectivity index (χ4v) is 2.47. The number of aromatic nitrogens is 2. The van der Waals surface area contributed by atoms with Crippen LogP contribution in [0.5, 0.6) is 5.75 Å². The van der Waals surface area contributed by atoms with Crippen LogP contribution in [0.2, 0.25) is 0 Å². The molecular weight excluding hydrogens is 372 g/mol. The van der Waals surface area contributed by atoms with Gasteiger partial charge in [-0.1, -0.05) is 30.3 Å². The van der Waals surface area contributed by atoms with Gasteiger partial charge < -0.3 is 20.1 Å². The molecule has 1 heterocycles. The Labute approximate surface area is 167 Å². The van der Waals surface area contributed by atoms with Crippen LogP contribution in [0, 0.1) is 0 Å². The zero-order valence-electron chi connectivity index (χ0n) is 15.8. The summed E-state index contributed by atoms with van der Waals surface area (Å²) in [6.07, 6.45) is 0.184. The predicted molar refractivity (Wildman–Crippen MR) is 108 cm³/mol. The van der Waals surface area contributed by atoms with Gasteiger partial charge in [0.1, 0.15) is 5.75 Å². The maximum absolute atomic E-state index is 12.0. The molecule has 0 unspecified atom stereocenters. The number of nitrogens with one attached hydrogen (secondary N) is 2. The summed E-state index contributed by atoms with van der Waals surface area (Å²) in [6.45, 7) is 0.257. The third kappa shape index (κ3) is 5.77. The molecule has 0 saturated heterocycles. The molecule has 0 saturated carbocycles. The minimum absolute atomic E-state index is 0.184. The van der Waals surface area contributed by atoms with Gasteiger partial charge in [0.05, 0.1) is 31.4 Å². The molecule has 0 aliphatic carbocycles. The highest BCUT2D eigenvalue weighted by molar-refractivity contribution is 5.96. The van der Waals surface area contributed by atoms with E-state index in [1.54, 1.807) is 36.4 Å². The number of esters is 1. The highest BCUT2D eigenvalue weighted by Crippen LogP contribution is 2.20. The summed E-state index contributed by atoms with van der Waals surface area (Å²) in [4.78, 5) is 23.8. The second-order valence-corrected chi connectivity index (χ2v) is 5.93. The van der Waals surface area contributed by atoms with Crippen LogP contribution >= 0.6 is 0 Å². The number of benzene rings is 2. The van der Waals surface area contributed by atoms with Crippen molar-refractivity contribution in [2.45, 2.75) is 6.42 Å². The predicted octanol–water partition coefficient (Wildman–Crippen LogP) is 3.41. The molecule has 0 spiro atoms. The number of hydrogen-bond acceptors (Lipinski definition) is 7. The lowest BCUT2D eigenvalue weighted by Gasteiger charge is -2.10. The molecule has 0 aliphatic rings. The van der Waals surface area contributed by atoms with Gasteiger partial charge in [-0.25, -0.2) is 4.79 Å². The summed E-state index contributed by atoms with van der Waals surface area (Å²) < 4.78 is 10.3. The van der Waals surface area contributed by atoms with Gasteiger partial charge in [0.2, 0.25) is 5.91 Å². The van der Waals surface area contributed by atoms with E-state index in [-0.39, 0.29) is 18.9 Å². The number of ether oxygens (including phenoxy) is 2. The Hall–Kier alpha value is -3.94. The quantitative estimate of drug-likeness (QED) is 0.566. The van der Waals surface area contributed by atoms with Crippen LogP contribution in [0.15, 0.2) is 66.7 Å². The van der Waals surface area contributed by atoms with Crippen LogP contribution in [0.3, 0.4) is 0 Å². The topological polar surface area (TPSA) is 102 Å². The lowest BCUT2D eigenvalue weighted by molar-refractivity contribution is -0.116. The van der Waals surface area contributed by atoms with E-state index < -0.39 is 5.97 Å². The fourth-order valence-electron chi connectivity index (χ4n) is 2.47. The summed E-state index contributed by atoms with van der Waals surface area (Å²) in [5, 5.41) is 13.7. The normalized spacial score (nSPS) is 10.1. The van der Waals surface area contributed by atoms with Gasteiger partial charge >= 0.3 is 5.97 Å². The first-order valence-corrected chi connectivity index (χ1v) is 8.91. The third-order valence-electron chi connectivity index (χ3n) is 3.87. The fraction of sp³-hybridized carbons (Fsp3) is 0.143. The number of hydrogen-bond donors (Lipinski definition) is 2. The van der Waals surface area contributed by atoms with Crippen molar-refractivity contribution in [1.82, 2.24) is 10.2 Å². The molecule has 3 rings (SSSR count). The van der Waals surface area contributed by atoms with Crippen molar-refractivity contribution in [2.24, 2.45) is 0 Å². The van der Waals surface area contributed by atoms with E-state index >= 15 is 0 Å². The molecule has 2 N–H and O–H groups in total. The van der Waals surface area contributed by atoms with Crippen molar-refractivity contribution in [3.63, 3.8) is 0 Å². The molecular formula is C21H20N4O4. The molecule has 1 aromatic heterocycles. The summed E-state index contributed by atoms with van der Waals surface area (Å²) >= 11 is 0. The number of anilines is 3. The van der Waals surface area contributed by atoms with Gasteiger partial charge in [-0.05, 0) is 36.4 Å². The van der Waals surface area contributed by atoms with Crippen LogP contribution in [-0.2, 0) is 9.53 Å². The van der Waals surface area contributed by atoms with Crippen molar-refractivity contribution >= 4 is 29.2 Å². The molecule has 1 amide bonds. The lowest BCUT2D eigenvalue weighted by Crippen LogP contribution is -2.16. The Bertz CT molecular complexity index is 962. The Balaban J connectivity index is 1.52. The summed E-state index contributed by atoms with van der Waals surface area (Å²) in [7, 11) is 1.32. The molecule has 0 bridgehead atoms. The molecule has 0 radical (unpaired) electrons. The third-order valence-corrected chi connectivity index (χ3v) is 3.87. The Morgan fingerprint density at radius 3 is 2.31 bits per heavy atom. The molecule has 29 heavy (non-hydrogen) atoms. The monoisotopic (exact) mass is 392 g/mol. The average molecular weight is 392 g/mol. The van der Waals surface area contributed by atoms with E-state index in [1.165, 1.54) is 7.11 Å². The van der Waals surface area contributed by atoms with E-state index in [1.807, 2.05) is 30.3 Å². The summed E-state index contributed by atoms with van der Waals surface area (Å²) in [5.74, 6) is 0.769. The van der Waals surface area contributed by atoms with E-state index in [0.29, 0.717) is 28.6 Å². The Morgan fingerprint density at radius 2 is 1.59 bits per heavy atom. The van der Waals surface area contributed by atoms with Crippen LogP contribution in [0.4, 0.5) is 17.3 Å². The highest BCUT2D eigenvalue weighted by atomic mass is 16.5. The van der Waals surface area contributed by atoms with Crippen molar-refractivity contribution in [1.29, 1.82) is 0 Å². The van der Waals surface area contributed by atoms with Crippen molar-refractivity contribution in [3.05, 3.63) is 72.3 Å². The highest BCUT2D eigenvalue weighted by Gasteiger charge is 2.12. The van der Waals surface area contributed by atoms with E-state index in [0.717, 1.165) is 0 Å². The Morgan fingerprint density at radius 1 is 0.897 bits per heavy atom. The number of carbonyl (C=O) groups is 2. The van der Waals surface area contributed by atoms with Gasteiger partial charge in [0.25, 0.3) is 0 Å². The molecule has 2 aromatic carbocycles. The SMILES string of the molecule is COC(=O)c1ccccc1Nc1ccc(NC(=O)CCOc2ccccc2)nn1. The first kappa shape index (κ1) is 19.8. The minimum Gasteiger partial charge on any atom is -0.493 e. The lowest BCUT2D eigenvalue weighted by atomic mass is 10.2. The second-order valence-electron chi connectivity index (χ2n) is 5.93. The average Bonchev–Trinajstić information content (AvgIpc) is 2.76. The zero-order chi connectivity index (χ0) is 20.5. The maximum Gasteiger partial charge on any atom is 0.339 e. The minimum atomic E-state index is -0.456. The van der Waals surface area contributed by atoms with Gasteiger partial charge in [-0.2, -0.15) is 0 Å². The van der Waals surface area contributed by atoms with E-state index in [9.17, 15) is 9.59 Å². The standard InChI is InChI=1S/C21H20N4O4/c1-28-21(27)16-9-5-6-10-17(16)22-18-11-12-19(25-24-18)23-20(26)13-14-29-15-7-3-2-4-8-15/h2-12H,13-14H2,1H3,(H,22,24)(H,23,25,26). The molecule has 0 fully saturated rings. The number of methoxy groups -OCH3 is 1. The zero-order valence-corrected chi connectivity index (χ0v) is 15.8. The van der Waals surface area contributed by atoms with Gasteiger partial charge in [-0.15, -0.1) is 10.2 Å². The number of nitrogens with zero attached hydrogens (tertiary/aromatic N) is 2. The summed E-state index contributed by atoms with van der Waals surface area (Å²) in [6, 6.07) is 19.4. The second kappa shape index (κ2) is 9.84.